The van der Waals surface area contributed by atoms with E-state index in [9.17, 15) is 26.4 Å². The molecule has 1 amide bonds. The molecule has 7 rings (SSSR count). The predicted molar refractivity (Wildman–Crippen MR) is 189 cm³/mol. The van der Waals surface area contributed by atoms with E-state index < -0.39 is 39.9 Å². The lowest BCUT2D eigenvalue weighted by Gasteiger charge is -2.55. The number of likely N-dealkylation sites (tertiary alicyclic amines) is 2. The topological polar surface area (TPSA) is 91.4 Å². The summed E-state index contributed by atoms with van der Waals surface area (Å²) in [7, 11) is -0.643. The summed E-state index contributed by atoms with van der Waals surface area (Å²) >= 11 is 0. The molecule has 13 heteroatoms. The summed E-state index contributed by atoms with van der Waals surface area (Å²) in [5.41, 5.74) is 1.19. The van der Waals surface area contributed by atoms with Gasteiger partial charge in [0.05, 0.1) is 30.3 Å². The van der Waals surface area contributed by atoms with Crippen molar-refractivity contribution in [2.75, 3.05) is 71.5 Å². The Bertz CT molecular complexity index is 1650. The lowest BCUT2D eigenvalue weighted by molar-refractivity contribution is -0.0686. The largest absolute Gasteiger partial charge is 0.453 e. The summed E-state index contributed by atoms with van der Waals surface area (Å²) in [5.74, 6) is -2.69. The minimum Gasteiger partial charge on any atom is -0.453 e. The van der Waals surface area contributed by atoms with Gasteiger partial charge >= 0.3 is 6.09 Å². The fraction of sp³-hybridized carbons (Fsp3) is 0.658. The molecule has 3 aliphatic heterocycles. The molecule has 3 heterocycles. The zero-order chi connectivity index (χ0) is 36.0. The Morgan fingerprint density at radius 1 is 0.941 bits per heavy atom. The molecule has 2 saturated carbocycles. The van der Waals surface area contributed by atoms with Crippen LogP contribution in [-0.4, -0.2) is 114 Å². The first-order valence-corrected chi connectivity index (χ1v) is 20.0. The maximum atomic E-state index is 15.0. The normalized spacial score (nSPS) is 26.8. The van der Waals surface area contributed by atoms with E-state index in [1.165, 1.54) is 25.3 Å². The average molecular weight is 733 g/mol. The van der Waals surface area contributed by atoms with Crippen molar-refractivity contribution in [2.45, 2.75) is 84.5 Å². The third kappa shape index (κ3) is 7.12. The number of nitrogens with zero attached hydrogens (tertiary/aromatic N) is 3. The molecule has 51 heavy (non-hydrogen) atoms. The molecule has 5 fully saturated rings. The number of piperidine rings is 1. The lowest BCUT2D eigenvalue weighted by Crippen LogP contribution is -2.68. The molecule has 0 spiro atoms. The second-order valence-corrected chi connectivity index (χ2v) is 17.9. The molecule has 0 unspecified atom stereocenters. The number of rotatable bonds is 12. The number of carbonyl (C=O) groups excluding carboxylic acids is 1. The molecule has 2 aliphatic carbocycles. The Labute approximate surface area is 299 Å². The highest BCUT2D eigenvalue weighted by Crippen LogP contribution is 2.52. The standard InChI is InChI=1S/C38H51F3N4O5S/c1-49-35(46)42-34-9-4-8-33(34)38(26-43-16-5-17-43,28-6-3-7-29(39)20-28)27-14-18-44(19-15-27)23-36(50-2)24-45(25-36)30-10-12-31(13-11-30)51(47,48)32-21-37(40,41)22-32/h3,6-7,10-13,20,27,32-34H,4-5,8-9,14-19,21-26H2,1-2H3,(H,42,46)/t33-,34-,38-/m0/s1. The summed E-state index contributed by atoms with van der Waals surface area (Å²) < 4.78 is 78.5. The van der Waals surface area contributed by atoms with Gasteiger partial charge in [-0.25, -0.2) is 26.4 Å². The monoisotopic (exact) mass is 732 g/mol. The maximum absolute atomic E-state index is 15.0. The number of hydrogen-bond donors (Lipinski definition) is 1. The number of sulfone groups is 1. The van der Waals surface area contributed by atoms with Gasteiger partial charge in [0.1, 0.15) is 11.4 Å². The molecule has 0 radical (unpaired) electrons. The number of methoxy groups -OCH3 is 2. The Hall–Kier alpha value is -2.87. The molecule has 0 aromatic heterocycles. The molecule has 2 aromatic carbocycles. The van der Waals surface area contributed by atoms with Crippen molar-refractivity contribution >= 4 is 21.6 Å². The van der Waals surface area contributed by atoms with E-state index in [0.717, 1.165) is 89.0 Å². The van der Waals surface area contributed by atoms with Gasteiger partial charge in [-0.05, 0) is 112 Å². The van der Waals surface area contributed by atoms with E-state index in [-0.39, 0.29) is 33.7 Å². The van der Waals surface area contributed by atoms with E-state index in [2.05, 4.69) is 26.1 Å². The summed E-state index contributed by atoms with van der Waals surface area (Å²) in [5, 5.41) is 2.13. The molecular weight excluding hydrogens is 682 g/mol. The summed E-state index contributed by atoms with van der Waals surface area (Å²) in [6.07, 6.45) is 4.24. The van der Waals surface area contributed by atoms with E-state index in [4.69, 9.17) is 9.47 Å². The zero-order valence-electron chi connectivity index (χ0n) is 29.7. The zero-order valence-corrected chi connectivity index (χ0v) is 30.5. The van der Waals surface area contributed by atoms with Gasteiger partial charge in [0.2, 0.25) is 0 Å². The minimum atomic E-state index is -3.78. The van der Waals surface area contributed by atoms with E-state index in [0.29, 0.717) is 19.0 Å². The number of alkyl halides is 2. The van der Waals surface area contributed by atoms with Crippen molar-refractivity contribution in [3.8, 4) is 0 Å². The second kappa shape index (κ2) is 14.2. The van der Waals surface area contributed by atoms with Crippen LogP contribution in [0.15, 0.2) is 53.4 Å². The Morgan fingerprint density at radius 3 is 2.24 bits per heavy atom. The SMILES string of the molecule is COC(=O)N[C@H]1CCC[C@@H]1[C@](CN1CCC1)(c1cccc(F)c1)C1CCN(CC2(OC)CN(c3ccc(S(=O)(=O)C4CC(F)(F)C4)cc3)C2)CC1. The highest BCUT2D eigenvalue weighted by Gasteiger charge is 2.54. The number of anilines is 1. The van der Waals surface area contributed by atoms with Crippen molar-refractivity contribution in [2.24, 2.45) is 11.8 Å². The van der Waals surface area contributed by atoms with Gasteiger partial charge in [0, 0.05) is 50.2 Å². The molecule has 280 valence electrons. The van der Waals surface area contributed by atoms with Gasteiger partial charge in [0.15, 0.2) is 9.84 Å². The van der Waals surface area contributed by atoms with E-state index >= 15 is 0 Å². The summed E-state index contributed by atoms with van der Waals surface area (Å²) in [6.45, 7) is 6.71. The third-order valence-corrected chi connectivity index (χ3v) is 14.8. The minimum absolute atomic E-state index is 0.0464. The summed E-state index contributed by atoms with van der Waals surface area (Å²) in [4.78, 5) is 19.7. The molecule has 0 bridgehead atoms. The first-order valence-electron chi connectivity index (χ1n) is 18.4. The second-order valence-electron chi connectivity index (χ2n) is 15.7. The predicted octanol–water partition coefficient (Wildman–Crippen LogP) is 5.48. The number of hydrogen-bond acceptors (Lipinski definition) is 8. The molecule has 2 aromatic rings. The van der Waals surface area contributed by atoms with Crippen molar-refractivity contribution in [3.63, 3.8) is 0 Å². The van der Waals surface area contributed by atoms with Crippen LogP contribution < -0.4 is 10.2 Å². The van der Waals surface area contributed by atoms with E-state index in [1.807, 2.05) is 6.07 Å². The first-order chi connectivity index (χ1) is 24.4. The number of carbonyl (C=O) groups is 1. The number of benzene rings is 2. The van der Waals surface area contributed by atoms with Gasteiger partial charge in [-0.1, -0.05) is 18.6 Å². The molecule has 1 N–H and O–H groups in total. The van der Waals surface area contributed by atoms with Crippen LogP contribution in [0.3, 0.4) is 0 Å². The van der Waals surface area contributed by atoms with Crippen LogP contribution in [-0.2, 0) is 24.7 Å². The molecule has 3 atom stereocenters. The number of ether oxygens (including phenoxy) is 2. The molecule has 3 saturated heterocycles. The molecular formula is C38H51F3N4O5S. The van der Waals surface area contributed by atoms with Gasteiger partial charge < -0.3 is 29.5 Å². The Kier molecular flexibility index (Phi) is 10.1. The van der Waals surface area contributed by atoms with Gasteiger partial charge in [-0.15, -0.1) is 0 Å². The Morgan fingerprint density at radius 2 is 1.65 bits per heavy atom. The van der Waals surface area contributed by atoms with Crippen molar-refractivity contribution in [3.05, 3.63) is 59.9 Å². The smallest absolute Gasteiger partial charge is 0.407 e. The van der Waals surface area contributed by atoms with Crippen molar-refractivity contribution in [1.82, 2.24) is 15.1 Å². The van der Waals surface area contributed by atoms with Crippen LogP contribution in [0.4, 0.5) is 23.7 Å². The van der Waals surface area contributed by atoms with Crippen molar-refractivity contribution < 1.29 is 35.9 Å². The van der Waals surface area contributed by atoms with Gasteiger partial charge in [-0.3, -0.25) is 0 Å². The average Bonchev–Trinajstić information content (AvgIpc) is 3.53. The molecule has 5 aliphatic rings. The first kappa shape index (κ1) is 36.5. The van der Waals surface area contributed by atoms with Crippen LogP contribution in [0, 0.1) is 17.7 Å². The number of nitrogens with one attached hydrogen (secondary N) is 1. The quantitative estimate of drug-likeness (QED) is 0.307. The third-order valence-electron chi connectivity index (χ3n) is 12.7. The van der Waals surface area contributed by atoms with Crippen molar-refractivity contribution in [1.29, 1.82) is 0 Å². The fourth-order valence-corrected chi connectivity index (χ4v) is 11.6. The highest BCUT2D eigenvalue weighted by atomic mass is 32.2. The van der Waals surface area contributed by atoms with Crippen LogP contribution >= 0.6 is 0 Å². The van der Waals surface area contributed by atoms with Gasteiger partial charge in [0.25, 0.3) is 5.92 Å². The van der Waals surface area contributed by atoms with Crippen LogP contribution in [0.1, 0.15) is 56.9 Å². The number of halogens is 3. The number of alkyl carbamates (subject to hydrolysis) is 1. The summed E-state index contributed by atoms with van der Waals surface area (Å²) in [6, 6.07) is 13.7. The Balaban J connectivity index is 1.04. The lowest BCUT2D eigenvalue weighted by atomic mass is 9.57. The maximum Gasteiger partial charge on any atom is 0.407 e. The van der Waals surface area contributed by atoms with E-state index in [1.54, 1.807) is 25.3 Å². The molecule has 9 nitrogen and oxygen atoms in total. The highest BCUT2D eigenvalue weighted by molar-refractivity contribution is 7.92. The van der Waals surface area contributed by atoms with Crippen LogP contribution in [0.5, 0.6) is 0 Å². The number of amides is 1. The van der Waals surface area contributed by atoms with Gasteiger partial charge in [-0.2, -0.15) is 0 Å². The fourth-order valence-electron chi connectivity index (χ4n) is 9.74. The van der Waals surface area contributed by atoms with Crippen LogP contribution in [0.25, 0.3) is 0 Å². The van der Waals surface area contributed by atoms with Crippen LogP contribution in [0.2, 0.25) is 0 Å².